The van der Waals surface area contributed by atoms with Gasteiger partial charge in [-0.3, -0.25) is 4.79 Å². The summed E-state index contributed by atoms with van der Waals surface area (Å²) in [6, 6.07) is 0.669. The fourth-order valence-electron chi connectivity index (χ4n) is 2.76. The zero-order chi connectivity index (χ0) is 13.4. The summed E-state index contributed by atoms with van der Waals surface area (Å²) in [4.78, 5) is 11.2. The lowest BCUT2D eigenvalue weighted by Crippen LogP contribution is -2.34. The molecular formula is C15H29NO2. The monoisotopic (exact) mass is 255 g/mol. The lowest BCUT2D eigenvalue weighted by atomic mass is 9.80. The van der Waals surface area contributed by atoms with Gasteiger partial charge in [-0.25, -0.2) is 0 Å². The van der Waals surface area contributed by atoms with E-state index in [2.05, 4.69) is 19.2 Å². The summed E-state index contributed by atoms with van der Waals surface area (Å²) in [7, 11) is 0. The first-order valence-electron chi connectivity index (χ1n) is 7.52. The zero-order valence-electron chi connectivity index (χ0n) is 12.2. The average Bonchev–Trinajstić information content (AvgIpc) is 2.35. The quantitative estimate of drug-likeness (QED) is 0.561. The summed E-state index contributed by atoms with van der Waals surface area (Å²) < 4.78 is 4.91. The standard InChI is InChI=1S/C15H29NO2/c1-4-18-15(17)6-5-11-16-14-9-7-13(8-10-14)12(2)3/h12-14,16H,4-11H2,1-3H3. The molecule has 0 aromatic rings. The molecule has 0 aromatic heterocycles. The van der Waals surface area contributed by atoms with E-state index in [0.717, 1.165) is 24.8 Å². The van der Waals surface area contributed by atoms with E-state index in [9.17, 15) is 4.79 Å². The molecule has 0 saturated heterocycles. The van der Waals surface area contributed by atoms with Crippen LogP contribution in [0.5, 0.6) is 0 Å². The van der Waals surface area contributed by atoms with Crippen molar-refractivity contribution in [3.05, 3.63) is 0 Å². The first kappa shape index (κ1) is 15.5. The maximum atomic E-state index is 11.2. The van der Waals surface area contributed by atoms with E-state index < -0.39 is 0 Å². The molecule has 1 N–H and O–H groups in total. The van der Waals surface area contributed by atoms with Gasteiger partial charge < -0.3 is 10.1 Å². The molecule has 1 rings (SSSR count). The van der Waals surface area contributed by atoms with Crippen molar-refractivity contribution in [2.75, 3.05) is 13.2 Å². The van der Waals surface area contributed by atoms with Crippen molar-refractivity contribution in [1.82, 2.24) is 5.32 Å². The van der Waals surface area contributed by atoms with E-state index in [0.29, 0.717) is 19.1 Å². The second kappa shape index (κ2) is 8.52. The van der Waals surface area contributed by atoms with Crippen LogP contribution in [0.15, 0.2) is 0 Å². The summed E-state index contributed by atoms with van der Waals surface area (Å²) in [5, 5.41) is 3.57. The van der Waals surface area contributed by atoms with E-state index in [4.69, 9.17) is 4.74 Å². The van der Waals surface area contributed by atoms with Gasteiger partial charge in [-0.2, -0.15) is 0 Å². The van der Waals surface area contributed by atoms with Crippen molar-refractivity contribution in [3.8, 4) is 0 Å². The Morgan fingerprint density at radius 1 is 1.28 bits per heavy atom. The Labute approximate surface area is 112 Å². The van der Waals surface area contributed by atoms with Gasteiger partial charge in [0, 0.05) is 12.5 Å². The number of esters is 1. The molecule has 1 aliphatic carbocycles. The van der Waals surface area contributed by atoms with Crippen molar-refractivity contribution >= 4 is 5.97 Å². The van der Waals surface area contributed by atoms with Crippen molar-refractivity contribution in [1.29, 1.82) is 0 Å². The van der Waals surface area contributed by atoms with E-state index >= 15 is 0 Å². The minimum atomic E-state index is -0.0668. The summed E-state index contributed by atoms with van der Waals surface area (Å²) in [6.45, 7) is 7.94. The number of rotatable bonds is 7. The van der Waals surface area contributed by atoms with Crippen LogP contribution in [0.25, 0.3) is 0 Å². The molecule has 0 amide bonds. The largest absolute Gasteiger partial charge is 0.466 e. The Kier molecular flexibility index (Phi) is 7.33. The van der Waals surface area contributed by atoms with Crippen LogP contribution in [0.2, 0.25) is 0 Å². The van der Waals surface area contributed by atoms with Gasteiger partial charge in [0.1, 0.15) is 0 Å². The predicted molar refractivity (Wildman–Crippen MR) is 74.5 cm³/mol. The molecular weight excluding hydrogens is 226 g/mol. The van der Waals surface area contributed by atoms with Crippen LogP contribution < -0.4 is 5.32 Å². The van der Waals surface area contributed by atoms with E-state index in [1.807, 2.05) is 6.92 Å². The topological polar surface area (TPSA) is 38.3 Å². The molecule has 1 aliphatic rings. The van der Waals surface area contributed by atoms with Gasteiger partial charge >= 0.3 is 5.97 Å². The Morgan fingerprint density at radius 3 is 2.50 bits per heavy atom. The minimum Gasteiger partial charge on any atom is -0.466 e. The second-order valence-electron chi connectivity index (χ2n) is 5.72. The molecule has 0 atom stereocenters. The predicted octanol–water partition coefficient (Wildman–Crippen LogP) is 3.13. The van der Waals surface area contributed by atoms with E-state index in [-0.39, 0.29) is 5.97 Å². The zero-order valence-corrected chi connectivity index (χ0v) is 12.2. The van der Waals surface area contributed by atoms with Crippen molar-refractivity contribution < 1.29 is 9.53 Å². The number of hydrogen-bond acceptors (Lipinski definition) is 3. The van der Waals surface area contributed by atoms with Crippen molar-refractivity contribution in [3.63, 3.8) is 0 Å². The third-order valence-corrected chi connectivity index (χ3v) is 4.01. The molecule has 0 bridgehead atoms. The van der Waals surface area contributed by atoms with Gasteiger partial charge in [0.25, 0.3) is 0 Å². The normalized spacial score (nSPS) is 24.2. The highest BCUT2D eigenvalue weighted by Crippen LogP contribution is 2.29. The molecule has 3 nitrogen and oxygen atoms in total. The van der Waals surface area contributed by atoms with Gasteiger partial charge in [-0.05, 0) is 57.4 Å². The third kappa shape index (κ3) is 5.85. The lowest BCUT2D eigenvalue weighted by molar-refractivity contribution is -0.143. The van der Waals surface area contributed by atoms with Crippen LogP contribution >= 0.6 is 0 Å². The van der Waals surface area contributed by atoms with Crippen molar-refractivity contribution in [2.45, 2.75) is 65.3 Å². The lowest BCUT2D eigenvalue weighted by Gasteiger charge is -2.31. The summed E-state index contributed by atoms with van der Waals surface area (Å²) in [6.07, 6.45) is 6.73. The van der Waals surface area contributed by atoms with Gasteiger partial charge in [-0.15, -0.1) is 0 Å². The molecule has 0 unspecified atom stereocenters. The van der Waals surface area contributed by atoms with Gasteiger partial charge in [0.05, 0.1) is 6.61 Å². The first-order chi connectivity index (χ1) is 8.63. The summed E-state index contributed by atoms with van der Waals surface area (Å²) in [5.41, 5.74) is 0. The highest BCUT2D eigenvalue weighted by atomic mass is 16.5. The molecule has 18 heavy (non-hydrogen) atoms. The molecule has 0 heterocycles. The Morgan fingerprint density at radius 2 is 1.94 bits per heavy atom. The Balaban J connectivity index is 2.02. The number of ether oxygens (including phenoxy) is 1. The average molecular weight is 255 g/mol. The molecule has 0 spiro atoms. The first-order valence-corrected chi connectivity index (χ1v) is 7.52. The van der Waals surface area contributed by atoms with Crippen LogP contribution in [-0.2, 0) is 9.53 Å². The highest BCUT2D eigenvalue weighted by Gasteiger charge is 2.22. The molecule has 0 aromatic carbocycles. The highest BCUT2D eigenvalue weighted by molar-refractivity contribution is 5.69. The Bertz CT molecular complexity index is 233. The fraction of sp³-hybridized carbons (Fsp3) is 0.933. The van der Waals surface area contributed by atoms with Crippen molar-refractivity contribution in [2.24, 2.45) is 11.8 Å². The number of nitrogens with one attached hydrogen (secondary N) is 1. The number of hydrogen-bond donors (Lipinski definition) is 1. The van der Waals surface area contributed by atoms with Crippen LogP contribution in [0.1, 0.15) is 59.3 Å². The van der Waals surface area contributed by atoms with E-state index in [1.165, 1.54) is 25.7 Å². The fourth-order valence-corrected chi connectivity index (χ4v) is 2.76. The van der Waals surface area contributed by atoms with E-state index in [1.54, 1.807) is 0 Å². The van der Waals surface area contributed by atoms with Crippen LogP contribution in [0, 0.1) is 11.8 Å². The minimum absolute atomic E-state index is 0.0668. The van der Waals surface area contributed by atoms with Gasteiger partial charge in [0.15, 0.2) is 0 Å². The molecule has 0 aliphatic heterocycles. The van der Waals surface area contributed by atoms with Gasteiger partial charge in [0.2, 0.25) is 0 Å². The second-order valence-corrected chi connectivity index (χ2v) is 5.72. The summed E-state index contributed by atoms with van der Waals surface area (Å²) in [5.74, 6) is 1.68. The van der Waals surface area contributed by atoms with Gasteiger partial charge in [-0.1, -0.05) is 13.8 Å². The number of carbonyl (C=O) groups excluding carboxylic acids is 1. The molecule has 1 saturated carbocycles. The molecule has 3 heteroatoms. The van der Waals surface area contributed by atoms with Crippen LogP contribution in [0.3, 0.4) is 0 Å². The summed E-state index contributed by atoms with van der Waals surface area (Å²) >= 11 is 0. The maximum absolute atomic E-state index is 11.2. The molecule has 0 radical (unpaired) electrons. The smallest absolute Gasteiger partial charge is 0.305 e. The number of carbonyl (C=O) groups is 1. The molecule has 1 fully saturated rings. The SMILES string of the molecule is CCOC(=O)CCCNC1CCC(C(C)C)CC1. The van der Waals surface area contributed by atoms with Crippen LogP contribution in [-0.4, -0.2) is 25.2 Å². The Hall–Kier alpha value is -0.570. The van der Waals surface area contributed by atoms with Crippen LogP contribution in [0.4, 0.5) is 0 Å². The molecule has 106 valence electrons. The maximum Gasteiger partial charge on any atom is 0.305 e. The third-order valence-electron chi connectivity index (χ3n) is 4.01.